The van der Waals surface area contributed by atoms with Gasteiger partial charge in [-0.3, -0.25) is 4.79 Å². The Bertz CT molecular complexity index is 237. The fraction of sp³-hybridized carbons (Fsp3) is 0.923. The summed E-state index contributed by atoms with van der Waals surface area (Å²) >= 11 is 0. The van der Waals surface area contributed by atoms with E-state index in [2.05, 4.69) is 20.8 Å². The molecule has 0 heterocycles. The molecule has 94 valence electrons. The van der Waals surface area contributed by atoms with Crippen LogP contribution in [0.25, 0.3) is 0 Å². The second-order valence-corrected chi connectivity index (χ2v) is 5.37. The van der Waals surface area contributed by atoms with Gasteiger partial charge in [0.1, 0.15) is 6.61 Å². The van der Waals surface area contributed by atoms with Crippen molar-refractivity contribution in [3.8, 4) is 0 Å². The van der Waals surface area contributed by atoms with E-state index in [0.717, 1.165) is 19.3 Å². The molecule has 1 saturated carbocycles. The molecule has 0 aromatic rings. The Morgan fingerprint density at radius 1 is 1.56 bits per heavy atom. The van der Waals surface area contributed by atoms with Crippen LogP contribution in [0.1, 0.15) is 46.5 Å². The number of rotatable bonds is 4. The monoisotopic (exact) mass is 228 g/mol. The van der Waals surface area contributed by atoms with Gasteiger partial charge in [0.2, 0.25) is 0 Å². The second kappa shape index (κ2) is 5.67. The standard InChI is InChI=1S/C13H24O3/c1-10(2)13(12(15)16-8-7-14)6-4-5-11(3)9-13/h10-11,14H,4-9H2,1-3H3. The van der Waals surface area contributed by atoms with Gasteiger partial charge in [0.15, 0.2) is 0 Å². The number of ether oxygens (including phenoxy) is 1. The lowest BCUT2D eigenvalue weighted by molar-refractivity contribution is -0.163. The van der Waals surface area contributed by atoms with E-state index in [4.69, 9.17) is 9.84 Å². The maximum absolute atomic E-state index is 12.1. The first-order chi connectivity index (χ1) is 7.53. The van der Waals surface area contributed by atoms with Gasteiger partial charge in [0, 0.05) is 0 Å². The minimum atomic E-state index is -0.313. The largest absolute Gasteiger partial charge is 0.463 e. The molecule has 1 rings (SSSR count). The molecule has 3 heteroatoms. The lowest BCUT2D eigenvalue weighted by Gasteiger charge is -2.40. The average molecular weight is 228 g/mol. The van der Waals surface area contributed by atoms with Crippen molar-refractivity contribution in [2.24, 2.45) is 17.3 Å². The van der Waals surface area contributed by atoms with Gasteiger partial charge < -0.3 is 9.84 Å². The summed E-state index contributed by atoms with van der Waals surface area (Å²) in [6, 6.07) is 0. The molecule has 1 aliphatic rings. The number of aliphatic hydroxyl groups excluding tert-OH is 1. The molecule has 0 bridgehead atoms. The lowest BCUT2D eigenvalue weighted by Crippen LogP contribution is -2.42. The fourth-order valence-corrected chi connectivity index (χ4v) is 2.82. The molecule has 0 amide bonds. The number of carbonyl (C=O) groups excluding carboxylic acids is 1. The zero-order valence-electron chi connectivity index (χ0n) is 10.7. The molecule has 0 aromatic heterocycles. The zero-order chi connectivity index (χ0) is 12.2. The highest BCUT2D eigenvalue weighted by molar-refractivity contribution is 5.77. The molecule has 1 fully saturated rings. The Morgan fingerprint density at radius 3 is 2.75 bits per heavy atom. The van der Waals surface area contributed by atoms with Crippen molar-refractivity contribution in [3.63, 3.8) is 0 Å². The number of hydrogen-bond acceptors (Lipinski definition) is 3. The first-order valence-corrected chi connectivity index (χ1v) is 6.31. The van der Waals surface area contributed by atoms with E-state index in [-0.39, 0.29) is 24.6 Å². The van der Waals surface area contributed by atoms with E-state index in [1.165, 1.54) is 6.42 Å². The van der Waals surface area contributed by atoms with Crippen molar-refractivity contribution < 1.29 is 14.6 Å². The van der Waals surface area contributed by atoms with Crippen LogP contribution in [0.15, 0.2) is 0 Å². The molecule has 0 aromatic carbocycles. The van der Waals surface area contributed by atoms with Gasteiger partial charge >= 0.3 is 5.97 Å². The van der Waals surface area contributed by atoms with Gasteiger partial charge in [-0.1, -0.05) is 33.6 Å². The highest BCUT2D eigenvalue weighted by Gasteiger charge is 2.45. The van der Waals surface area contributed by atoms with E-state index in [1.54, 1.807) is 0 Å². The smallest absolute Gasteiger partial charge is 0.312 e. The molecule has 16 heavy (non-hydrogen) atoms. The SMILES string of the molecule is CC1CCCC(C(=O)OCCO)(C(C)C)C1. The first-order valence-electron chi connectivity index (χ1n) is 6.31. The summed E-state index contributed by atoms with van der Waals surface area (Å²) in [6.45, 7) is 6.43. The average Bonchev–Trinajstić information content (AvgIpc) is 2.25. The Labute approximate surface area is 98.2 Å². The van der Waals surface area contributed by atoms with Crippen LogP contribution in [0.2, 0.25) is 0 Å². The topological polar surface area (TPSA) is 46.5 Å². The number of carbonyl (C=O) groups is 1. The Kier molecular flexibility index (Phi) is 4.78. The lowest BCUT2D eigenvalue weighted by atomic mass is 9.64. The van der Waals surface area contributed by atoms with Gasteiger partial charge in [-0.2, -0.15) is 0 Å². The van der Waals surface area contributed by atoms with Crippen LogP contribution in [0.5, 0.6) is 0 Å². The quantitative estimate of drug-likeness (QED) is 0.751. The molecule has 3 nitrogen and oxygen atoms in total. The minimum Gasteiger partial charge on any atom is -0.463 e. The summed E-state index contributed by atoms with van der Waals surface area (Å²) in [5.74, 6) is 0.794. The van der Waals surface area contributed by atoms with E-state index < -0.39 is 0 Å². The molecule has 0 radical (unpaired) electrons. The van der Waals surface area contributed by atoms with Crippen LogP contribution in [-0.2, 0) is 9.53 Å². The minimum absolute atomic E-state index is 0.0878. The fourth-order valence-electron chi connectivity index (χ4n) is 2.82. The molecular formula is C13H24O3. The van der Waals surface area contributed by atoms with E-state index in [1.807, 2.05) is 0 Å². The Hall–Kier alpha value is -0.570. The Balaban J connectivity index is 2.75. The van der Waals surface area contributed by atoms with Crippen molar-refractivity contribution in [2.75, 3.05) is 13.2 Å². The molecular weight excluding hydrogens is 204 g/mol. The molecule has 0 spiro atoms. The van der Waals surface area contributed by atoms with Gasteiger partial charge in [0.05, 0.1) is 12.0 Å². The summed E-state index contributed by atoms with van der Waals surface area (Å²) in [6.07, 6.45) is 4.17. The molecule has 2 atom stereocenters. The molecule has 0 aliphatic heterocycles. The van der Waals surface area contributed by atoms with Crippen LogP contribution in [0.3, 0.4) is 0 Å². The van der Waals surface area contributed by atoms with Crippen molar-refractivity contribution >= 4 is 5.97 Å². The maximum Gasteiger partial charge on any atom is 0.312 e. The zero-order valence-corrected chi connectivity index (χ0v) is 10.7. The third-order valence-corrected chi connectivity index (χ3v) is 3.87. The number of hydrogen-bond donors (Lipinski definition) is 1. The summed E-state index contributed by atoms with van der Waals surface area (Å²) < 4.78 is 5.15. The highest BCUT2D eigenvalue weighted by atomic mass is 16.5. The molecule has 1 N–H and O–H groups in total. The Morgan fingerprint density at radius 2 is 2.25 bits per heavy atom. The molecule has 1 aliphatic carbocycles. The third-order valence-electron chi connectivity index (χ3n) is 3.87. The predicted molar refractivity (Wildman–Crippen MR) is 62.9 cm³/mol. The van der Waals surface area contributed by atoms with Gasteiger partial charge in [-0.25, -0.2) is 0 Å². The van der Waals surface area contributed by atoms with Crippen LogP contribution in [0, 0.1) is 17.3 Å². The number of esters is 1. The van der Waals surface area contributed by atoms with E-state index in [9.17, 15) is 4.79 Å². The summed E-state index contributed by atoms with van der Waals surface area (Å²) in [5.41, 5.74) is -0.313. The van der Waals surface area contributed by atoms with Crippen molar-refractivity contribution in [1.29, 1.82) is 0 Å². The van der Waals surface area contributed by atoms with E-state index in [0.29, 0.717) is 11.8 Å². The molecule has 2 unspecified atom stereocenters. The second-order valence-electron chi connectivity index (χ2n) is 5.37. The number of aliphatic hydroxyl groups is 1. The summed E-state index contributed by atoms with van der Waals surface area (Å²) in [4.78, 5) is 12.1. The van der Waals surface area contributed by atoms with Crippen LogP contribution in [0.4, 0.5) is 0 Å². The molecule has 0 saturated heterocycles. The van der Waals surface area contributed by atoms with Gasteiger partial charge in [-0.05, 0) is 24.7 Å². The van der Waals surface area contributed by atoms with E-state index >= 15 is 0 Å². The predicted octanol–water partition coefficient (Wildman–Crippen LogP) is 2.37. The third kappa shape index (κ3) is 2.76. The van der Waals surface area contributed by atoms with Crippen molar-refractivity contribution in [1.82, 2.24) is 0 Å². The maximum atomic E-state index is 12.1. The highest BCUT2D eigenvalue weighted by Crippen LogP contribution is 2.45. The van der Waals surface area contributed by atoms with Gasteiger partial charge in [0.25, 0.3) is 0 Å². The van der Waals surface area contributed by atoms with Crippen molar-refractivity contribution in [3.05, 3.63) is 0 Å². The van der Waals surface area contributed by atoms with Gasteiger partial charge in [-0.15, -0.1) is 0 Å². The van der Waals surface area contributed by atoms with Crippen LogP contribution in [-0.4, -0.2) is 24.3 Å². The van der Waals surface area contributed by atoms with Crippen LogP contribution >= 0.6 is 0 Å². The summed E-state index contributed by atoms with van der Waals surface area (Å²) in [5, 5.41) is 8.71. The van der Waals surface area contributed by atoms with Crippen LogP contribution < -0.4 is 0 Å². The normalized spacial score (nSPS) is 30.4. The summed E-state index contributed by atoms with van der Waals surface area (Å²) in [7, 11) is 0. The first kappa shape index (κ1) is 13.5. The van der Waals surface area contributed by atoms with Crippen molar-refractivity contribution in [2.45, 2.75) is 46.5 Å².